The average Bonchev–Trinajstić information content (AvgIpc) is 2.73. The molecule has 88 valence electrons. The lowest BCUT2D eigenvalue weighted by atomic mass is 10.3. The molecule has 0 atom stereocenters. The van der Waals surface area contributed by atoms with Gasteiger partial charge in [-0.2, -0.15) is 0 Å². The van der Waals surface area contributed by atoms with Crippen LogP contribution in [0.25, 0.3) is 10.2 Å². The number of anilines is 1. The second-order valence-corrected chi connectivity index (χ2v) is 4.38. The number of aliphatic carboxylic acids is 1. The van der Waals surface area contributed by atoms with E-state index in [0.29, 0.717) is 5.69 Å². The first kappa shape index (κ1) is 11.5. The van der Waals surface area contributed by atoms with E-state index in [1.54, 1.807) is 6.20 Å². The highest BCUT2D eigenvalue weighted by molar-refractivity contribution is 7.16. The molecule has 0 aliphatic heterocycles. The van der Waals surface area contributed by atoms with Crippen LogP contribution in [-0.4, -0.2) is 22.0 Å². The van der Waals surface area contributed by atoms with E-state index in [2.05, 4.69) is 10.3 Å². The SMILES string of the molecule is O=C(O)CCC(=O)Nc1cnc2sccc2c1. The van der Waals surface area contributed by atoms with E-state index in [9.17, 15) is 9.59 Å². The van der Waals surface area contributed by atoms with Crippen LogP contribution in [-0.2, 0) is 9.59 Å². The Hall–Kier alpha value is -1.95. The Labute approximate surface area is 101 Å². The van der Waals surface area contributed by atoms with Crippen molar-refractivity contribution in [3.8, 4) is 0 Å². The van der Waals surface area contributed by atoms with Crippen LogP contribution in [0.5, 0.6) is 0 Å². The minimum Gasteiger partial charge on any atom is -0.481 e. The Morgan fingerprint density at radius 1 is 1.41 bits per heavy atom. The number of carbonyl (C=O) groups excluding carboxylic acids is 1. The maximum absolute atomic E-state index is 11.4. The predicted octanol–water partition coefficient (Wildman–Crippen LogP) is 2.10. The molecule has 5 nitrogen and oxygen atoms in total. The number of hydrogen-bond acceptors (Lipinski definition) is 4. The second-order valence-electron chi connectivity index (χ2n) is 3.48. The van der Waals surface area contributed by atoms with Crippen molar-refractivity contribution < 1.29 is 14.7 Å². The fourth-order valence-electron chi connectivity index (χ4n) is 1.37. The summed E-state index contributed by atoms with van der Waals surface area (Å²) >= 11 is 1.53. The topological polar surface area (TPSA) is 79.3 Å². The number of amides is 1. The molecular formula is C11H10N2O3S. The van der Waals surface area contributed by atoms with E-state index in [1.807, 2.05) is 17.5 Å². The molecule has 6 heteroatoms. The Morgan fingerprint density at radius 3 is 3.00 bits per heavy atom. The first-order valence-corrected chi connectivity index (χ1v) is 5.88. The summed E-state index contributed by atoms with van der Waals surface area (Å²) in [7, 11) is 0. The third-order valence-corrected chi connectivity index (χ3v) is 2.99. The fourth-order valence-corrected chi connectivity index (χ4v) is 2.09. The fraction of sp³-hybridized carbons (Fsp3) is 0.182. The highest BCUT2D eigenvalue weighted by Gasteiger charge is 2.06. The molecule has 17 heavy (non-hydrogen) atoms. The van der Waals surface area contributed by atoms with Crippen LogP contribution in [0.2, 0.25) is 0 Å². The number of pyridine rings is 1. The Kier molecular flexibility index (Phi) is 3.34. The smallest absolute Gasteiger partial charge is 0.303 e. The molecule has 2 rings (SSSR count). The van der Waals surface area contributed by atoms with Crippen molar-refractivity contribution in [3.05, 3.63) is 23.7 Å². The van der Waals surface area contributed by atoms with Gasteiger partial charge in [-0.05, 0) is 17.5 Å². The summed E-state index contributed by atoms with van der Waals surface area (Å²) < 4.78 is 0. The molecule has 0 bridgehead atoms. The van der Waals surface area contributed by atoms with Crippen LogP contribution in [0.4, 0.5) is 5.69 Å². The van der Waals surface area contributed by atoms with Crippen molar-refractivity contribution in [1.82, 2.24) is 4.98 Å². The number of fused-ring (bicyclic) bond motifs is 1. The molecule has 2 heterocycles. The number of hydrogen-bond donors (Lipinski definition) is 2. The minimum atomic E-state index is -0.980. The van der Waals surface area contributed by atoms with Gasteiger partial charge in [-0.3, -0.25) is 9.59 Å². The van der Waals surface area contributed by atoms with Gasteiger partial charge in [-0.25, -0.2) is 4.98 Å². The predicted molar refractivity (Wildman–Crippen MR) is 65.1 cm³/mol. The number of carboxylic acids is 1. The highest BCUT2D eigenvalue weighted by atomic mass is 32.1. The third-order valence-electron chi connectivity index (χ3n) is 2.16. The van der Waals surface area contributed by atoms with Gasteiger partial charge < -0.3 is 10.4 Å². The average molecular weight is 250 g/mol. The highest BCUT2D eigenvalue weighted by Crippen LogP contribution is 2.21. The minimum absolute atomic E-state index is 0.0307. The molecule has 0 saturated carbocycles. The number of carboxylic acid groups (broad SMARTS) is 1. The molecule has 0 spiro atoms. The number of aromatic nitrogens is 1. The van der Waals surface area contributed by atoms with Crippen LogP contribution >= 0.6 is 11.3 Å². The lowest BCUT2D eigenvalue weighted by molar-refractivity contribution is -0.138. The zero-order valence-electron chi connectivity index (χ0n) is 8.84. The van der Waals surface area contributed by atoms with Crippen molar-refractivity contribution in [3.63, 3.8) is 0 Å². The number of rotatable bonds is 4. The van der Waals surface area contributed by atoms with E-state index in [4.69, 9.17) is 5.11 Å². The van der Waals surface area contributed by atoms with Crippen molar-refractivity contribution >= 4 is 39.1 Å². The number of nitrogens with one attached hydrogen (secondary N) is 1. The second kappa shape index (κ2) is 4.92. The monoisotopic (exact) mass is 250 g/mol. The first-order valence-electron chi connectivity index (χ1n) is 5.00. The summed E-state index contributed by atoms with van der Waals surface area (Å²) in [5.74, 6) is -1.30. The summed E-state index contributed by atoms with van der Waals surface area (Å²) in [5, 5.41) is 14.0. The van der Waals surface area contributed by atoms with E-state index < -0.39 is 5.97 Å². The third kappa shape index (κ3) is 3.01. The molecule has 2 aromatic heterocycles. The Bertz CT molecular complexity index is 565. The molecule has 0 unspecified atom stereocenters. The largest absolute Gasteiger partial charge is 0.481 e. The molecular weight excluding hydrogens is 240 g/mol. The zero-order chi connectivity index (χ0) is 12.3. The van der Waals surface area contributed by atoms with Crippen molar-refractivity contribution in [1.29, 1.82) is 0 Å². The number of carbonyl (C=O) groups is 2. The molecule has 0 aliphatic carbocycles. The summed E-state index contributed by atoms with van der Waals surface area (Å²) in [4.78, 5) is 26.8. The van der Waals surface area contributed by atoms with Gasteiger partial charge >= 0.3 is 5.97 Å². The van der Waals surface area contributed by atoms with Gasteiger partial charge in [0, 0.05) is 11.8 Å². The first-order chi connectivity index (χ1) is 8.15. The lowest BCUT2D eigenvalue weighted by Crippen LogP contribution is -2.13. The van der Waals surface area contributed by atoms with Crippen LogP contribution in [0, 0.1) is 0 Å². The molecule has 0 radical (unpaired) electrons. The summed E-state index contributed by atoms with van der Waals surface area (Å²) in [6.07, 6.45) is 1.37. The van der Waals surface area contributed by atoms with Crippen LogP contribution in [0.3, 0.4) is 0 Å². The Morgan fingerprint density at radius 2 is 2.24 bits per heavy atom. The lowest BCUT2D eigenvalue weighted by Gasteiger charge is -2.03. The number of nitrogens with zero attached hydrogens (tertiary/aromatic N) is 1. The van der Waals surface area contributed by atoms with Gasteiger partial charge in [-0.1, -0.05) is 0 Å². The van der Waals surface area contributed by atoms with Crippen LogP contribution in [0.1, 0.15) is 12.8 Å². The van der Waals surface area contributed by atoms with Gasteiger partial charge in [0.15, 0.2) is 0 Å². The van der Waals surface area contributed by atoms with Crippen LogP contribution in [0.15, 0.2) is 23.7 Å². The standard InChI is InChI=1S/C11H10N2O3S/c14-9(1-2-10(15)16)13-8-5-7-3-4-17-11(7)12-6-8/h3-6H,1-2H2,(H,13,14)(H,15,16). The van der Waals surface area contributed by atoms with Crippen molar-refractivity contribution in [2.45, 2.75) is 12.8 Å². The maximum atomic E-state index is 11.4. The van der Waals surface area contributed by atoms with Crippen molar-refractivity contribution in [2.24, 2.45) is 0 Å². The number of thiophene rings is 1. The zero-order valence-corrected chi connectivity index (χ0v) is 9.66. The van der Waals surface area contributed by atoms with Gasteiger partial charge in [0.25, 0.3) is 0 Å². The van der Waals surface area contributed by atoms with E-state index in [1.165, 1.54) is 11.3 Å². The van der Waals surface area contributed by atoms with Gasteiger partial charge in [0.05, 0.1) is 18.3 Å². The molecule has 2 aromatic rings. The van der Waals surface area contributed by atoms with Crippen LogP contribution < -0.4 is 5.32 Å². The summed E-state index contributed by atoms with van der Waals surface area (Å²) in [6, 6.07) is 3.73. The molecule has 1 amide bonds. The van der Waals surface area contributed by atoms with E-state index >= 15 is 0 Å². The summed E-state index contributed by atoms with van der Waals surface area (Å²) in [6.45, 7) is 0. The molecule has 0 saturated heterocycles. The normalized spacial score (nSPS) is 10.4. The molecule has 0 fully saturated rings. The van der Waals surface area contributed by atoms with Gasteiger partial charge in [0.2, 0.25) is 5.91 Å². The maximum Gasteiger partial charge on any atom is 0.303 e. The van der Waals surface area contributed by atoms with Crippen molar-refractivity contribution in [2.75, 3.05) is 5.32 Å². The Balaban J connectivity index is 2.02. The molecule has 0 aliphatic rings. The van der Waals surface area contributed by atoms with Gasteiger partial charge in [0.1, 0.15) is 4.83 Å². The van der Waals surface area contributed by atoms with E-state index in [0.717, 1.165) is 10.2 Å². The van der Waals surface area contributed by atoms with Gasteiger partial charge in [-0.15, -0.1) is 11.3 Å². The molecule has 2 N–H and O–H groups in total. The van der Waals surface area contributed by atoms with E-state index in [-0.39, 0.29) is 18.7 Å². The quantitative estimate of drug-likeness (QED) is 0.870. The molecule has 0 aromatic carbocycles. The summed E-state index contributed by atoms with van der Waals surface area (Å²) in [5.41, 5.74) is 0.589.